The molecule has 1 aliphatic rings. The fraction of sp³-hybridized carbons (Fsp3) is 0.360. The summed E-state index contributed by atoms with van der Waals surface area (Å²) in [4.78, 5) is 33.9. The topological polar surface area (TPSA) is 95.3 Å². The van der Waals surface area contributed by atoms with E-state index in [0.717, 1.165) is 6.08 Å². The zero-order valence-electron chi connectivity index (χ0n) is 20.3. The van der Waals surface area contributed by atoms with E-state index in [1.54, 1.807) is 6.07 Å². The number of halogens is 4. The van der Waals surface area contributed by atoms with Gasteiger partial charge in [0, 0.05) is 55.6 Å². The molecule has 1 saturated carbocycles. The molecule has 3 aromatic rings. The Labute approximate surface area is 221 Å². The fourth-order valence-corrected chi connectivity index (χ4v) is 5.31. The number of ether oxygens (including phenoxy) is 2. The Bertz CT molecular complexity index is 1430. The molecule has 0 spiro atoms. The Morgan fingerprint density at radius 3 is 2.49 bits per heavy atom. The van der Waals surface area contributed by atoms with Crippen LogP contribution < -0.4 is 20.3 Å². The summed E-state index contributed by atoms with van der Waals surface area (Å²) in [6.07, 6.45) is 1.65. The number of hydrogen-bond donors (Lipinski definition) is 1. The molecule has 12 heteroatoms. The summed E-state index contributed by atoms with van der Waals surface area (Å²) in [7, 11) is 4.37. The number of alkyl halides is 2. The molecule has 1 aliphatic carbocycles. The molecular weight excluding hydrogens is 529 g/mol. The van der Waals surface area contributed by atoms with Crippen molar-refractivity contribution in [3.8, 4) is 22.6 Å². The van der Waals surface area contributed by atoms with E-state index in [1.165, 1.54) is 38.1 Å². The monoisotopic (exact) mass is 552 g/mol. The highest BCUT2D eigenvalue weighted by molar-refractivity contribution is 6.41. The van der Waals surface area contributed by atoms with Crippen LogP contribution in [0.15, 0.2) is 35.8 Å². The summed E-state index contributed by atoms with van der Waals surface area (Å²) in [6.45, 7) is 3.41. The van der Waals surface area contributed by atoms with Crippen LogP contribution in [0.5, 0.6) is 11.5 Å². The molecule has 1 aromatic carbocycles. The summed E-state index contributed by atoms with van der Waals surface area (Å²) in [5, 5.41) is 3.67. The number of allylic oxidation sites excluding steroid dienone is 1. The molecule has 1 N–H and O–H groups in total. The van der Waals surface area contributed by atoms with E-state index in [-0.39, 0.29) is 56.5 Å². The van der Waals surface area contributed by atoms with Crippen molar-refractivity contribution < 1.29 is 23.0 Å². The van der Waals surface area contributed by atoms with Crippen LogP contribution in [-0.2, 0) is 11.8 Å². The van der Waals surface area contributed by atoms with Crippen molar-refractivity contribution in [3.63, 3.8) is 0 Å². The van der Waals surface area contributed by atoms with Crippen molar-refractivity contribution in [1.29, 1.82) is 0 Å². The minimum absolute atomic E-state index is 0.0578. The van der Waals surface area contributed by atoms with Gasteiger partial charge in [-0.15, -0.1) is 0 Å². The van der Waals surface area contributed by atoms with Crippen LogP contribution in [0.25, 0.3) is 22.2 Å². The van der Waals surface area contributed by atoms with Gasteiger partial charge < -0.3 is 14.8 Å². The Kier molecular flexibility index (Phi) is 7.43. The summed E-state index contributed by atoms with van der Waals surface area (Å²) >= 11 is 13.0. The number of fused-ring (bicyclic) bond motifs is 1. The lowest BCUT2D eigenvalue weighted by atomic mass is 9.97. The molecular formula is C25H24Cl2F2N4O4. The van der Waals surface area contributed by atoms with Crippen LogP contribution in [0, 0.1) is 5.92 Å². The first-order chi connectivity index (χ1) is 17.5. The number of hydrogen-bond acceptors (Lipinski definition) is 7. The molecule has 196 valence electrons. The highest BCUT2D eigenvalue weighted by Gasteiger charge is 2.47. The molecule has 0 aliphatic heterocycles. The number of carbonyl (C=O) groups excluding carboxylic acids is 1. The first kappa shape index (κ1) is 26.8. The number of aromatic nitrogens is 3. The lowest BCUT2D eigenvalue weighted by molar-refractivity contribution is -0.115. The SMILES string of the molecule is C=CC(=O)CC1CC(F)(F)CC1Nc1ncc2cc(-c3c(Cl)c(OC)cc(OC)c3Cl)c(=O)n(C)c2n1. The van der Waals surface area contributed by atoms with Crippen LogP contribution in [0.4, 0.5) is 14.7 Å². The molecule has 2 unspecified atom stereocenters. The third kappa shape index (κ3) is 5.13. The van der Waals surface area contributed by atoms with Crippen molar-refractivity contribution in [1.82, 2.24) is 14.5 Å². The number of nitrogens with one attached hydrogen (secondary N) is 1. The first-order valence-corrected chi connectivity index (χ1v) is 12.0. The fourth-order valence-electron chi connectivity index (χ4n) is 4.61. The predicted molar refractivity (Wildman–Crippen MR) is 138 cm³/mol. The lowest BCUT2D eigenvalue weighted by Crippen LogP contribution is -2.27. The average Bonchev–Trinajstić information content (AvgIpc) is 3.14. The number of rotatable bonds is 8. The van der Waals surface area contributed by atoms with Crippen LogP contribution in [0.1, 0.15) is 19.3 Å². The minimum Gasteiger partial charge on any atom is -0.495 e. The van der Waals surface area contributed by atoms with Gasteiger partial charge in [0.15, 0.2) is 5.78 Å². The second-order valence-electron chi connectivity index (χ2n) is 8.83. The smallest absolute Gasteiger partial charge is 0.259 e. The number of aryl methyl sites for hydroxylation is 1. The van der Waals surface area contributed by atoms with E-state index in [1.807, 2.05) is 0 Å². The average molecular weight is 553 g/mol. The molecule has 4 rings (SSSR count). The Hall–Kier alpha value is -3.24. The van der Waals surface area contributed by atoms with Crippen molar-refractivity contribution in [2.24, 2.45) is 13.0 Å². The van der Waals surface area contributed by atoms with E-state index in [2.05, 4.69) is 21.9 Å². The number of ketones is 1. The molecule has 2 atom stereocenters. The van der Waals surface area contributed by atoms with E-state index >= 15 is 0 Å². The standard InChI is InChI=1S/C25H24Cl2F2N4O4/c1-5-14(34)6-12-9-25(28,29)10-16(12)31-24-30-11-13-7-15(23(35)33(2)22(13)32-24)19-20(26)17(36-3)8-18(37-4)21(19)27/h5,7-8,11-12,16H,1,6,9-10H2,2-4H3,(H,30,31,32). The maximum Gasteiger partial charge on any atom is 0.259 e. The second kappa shape index (κ2) is 10.3. The van der Waals surface area contributed by atoms with E-state index in [9.17, 15) is 18.4 Å². The van der Waals surface area contributed by atoms with Gasteiger partial charge in [-0.2, -0.15) is 4.98 Å². The number of benzene rings is 1. The van der Waals surface area contributed by atoms with Gasteiger partial charge in [-0.25, -0.2) is 13.8 Å². The highest BCUT2D eigenvalue weighted by Crippen LogP contribution is 2.45. The van der Waals surface area contributed by atoms with Gasteiger partial charge >= 0.3 is 0 Å². The van der Waals surface area contributed by atoms with Gasteiger partial charge in [0.05, 0.1) is 29.8 Å². The maximum absolute atomic E-state index is 14.1. The molecule has 8 nitrogen and oxygen atoms in total. The highest BCUT2D eigenvalue weighted by atomic mass is 35.5. The first-order valence-electron chi connectivity index (χ1n) is 11.3. The van der Waals surface area contributed by atoms with Crippen molar-refractivity contribution in [3.05, 3.63) is 51.4 Å². The minimum atomic E-state index is -2.92. The molecule has 0 amide bonds. The summed E-state index contributed by atoms with van der Waals surface area (Å²) in [5.74, 6) is -3.23. The van der Waals surface area contributed by atoms with Crippen molar-refractivity contribution >= 4 is 46.0 Å². The number of pyridine rings is 1. The normalized spacial score (nSPS) is 18.6. The van der Waals surface area contributed by atoms with Gasteiger partial charge in [0.25, 0.3) is 11.5 Å². The van der Waals surface area contributed by atoms with Gasteiger partial charge in [-0.3, -0.25) is 14.2 Å². The number of nitrogens with zero attached hydrogens (tertiary/aromatic N) is 3. The zero-order chi connectivity index (χ0) is 27.1. The van der Waals surface area contributed by atoms with Crippen molar-refractivity contribution in [2.75, 3.05) is 19.5 Å². The van der Waals surface area contributed by atoms with Crippen molar-refractivity contribution in [2.45, 2.75) is 31.2 Å². The number of carbonyl (C=O) groups is 1. The van der Waals surface area contributed by atoms with Gasteiger partial charge in [-0.1, -0.05) is 29.8 Å². The Morgan fingerprint density at radius 1 is 1.24 bits per heavy atom. The van der Waals surface area contributed by atoms with Crippen LogP contribution in [0.2, 0.25) is 10.0 Å². The second-order valence-corrected chi connectivity index (χ2v) is 9.58. The number of methoxy groups -OCH3 is 2. The maximum atomic E-state index is 14.1. The van der Waals surface area contributed by atoms with Gasteiger partial charge in [0.1, 0.15) is 17.1 Å². The lowest BCUT2D eigenvalue weighted by Gasteiger charge is -2.20. The molecule has 0 saturated heterocycles. The third-order valence-electron chi connectivity index (χ3n) is 6.45. The van der Waals surface area contributed by atoms with E-state index < -0.39 is 36.3 Å². The quantitative estimate of drug-likeness (QED) is 0.379. The molecule has 0 bridgehead atoms. The summed E-state index contributed by atoms with van der Waals surface area (Å²) in [5.41, 5.74) is 0.201. The summed E-state index contributed by atoms with van der Waals surface area (Å²) < 4.78 is 40.2. The van der Waals surface area contributed by atoms with Crippen LogP contribution in [0.3, 0.4) is 0 Å². The Morgan fingerprint density at radius 2 is 1.89 bits per heavy atom. The largest absolute Gasteiger partial charge is 0.495 e. The molecule has 0 radical (unpaired) electrons. The predicted octanol–water partition coefficient (Wildman–Crippen LogP) is 5.29. The summed E-state index contributed by atoms with van der Waals surface area (Å²) in [6, 6.07) is 2.33. The molecule has 37 heavy (non-hydrogen) atoms. The van der Waals surface area contributed by atoms with Crippen LogP contribution in [-0.4, -0.2) is 46.5 Å². The third-order valence-corrected chi connectivity index (χ3v) is 7.20. The van der Waals surface area contributed by atoms with Crippen LogP contribution >= 0.6 is 23.2 Å². The molecule has 2 aromatic heterocycles. The Balaban J connectivity index is 1.76. The zero-order valence-corrected chi connectivity index (χ0v) is 21.8. The van der Waals surface area contributed by atoms with Gasteiger partial charge in [-0.05, 0) is 18.1 Å². The van der Waals surface area contributed by atoms with E-state index in [0.29, 0.717) is 5.39 Å². The number of anilines is 1. The van der Waals surface area contributed by atoms with Gasteiger partial charge in [0.2, 0.25) is 5.95 Å². The van der Waals surface area contributed by atoms with E-state index in [4.69, 9.17) is 32.7 Å². The molecule has 2 heterocycles. The molecule has 1 fully saturated rings.